The average Bonchev–Trinajstić information content (AvgIpc) is 3.37. The Kier molecular flexibility index (Phi) is 5.12. The molecule has 0 aliphatic heterocycles. The van der Waals surface area contributed by atoms with Crippen molar-refractivity contribution in [2.45, 2.75) is 13.8 Å². The Morgan fingerprint density at radius 3 is 2.38 bits per heavy atom. The van der Waals surface area contributed by atoms with Gasteiger partial charge < -0.3 is 9.13 Å². The van der Waals surface area contributed by atoms with Crippen molar-refractivity contribution in [2.75, 3.05) is 0 Å². The van der Waals surface area contributed by atoms with Crippen molar-refractivity contribution in [1.29, 1.82) is 0 Å². The van der Waals surface area contributed by atoms with E-state index < -0.39 is 0 Å². The highest BCUT2D eigenvalue weighted by molar-refractivity contribution is 5.98. The van der Waals surface area contributed by atoms with Crippen LogP contribution in [0.1, 0.15) is 27.3 Å². The Labute approximate surface area is 169 Å². The number of benzene rings is 2. The van der Waals surface area contributed by atoms with E-state index >= 15 is 0 Å². The van der Waals surface area contributed by atoms with E-state index in [0.717, 1.165) is 28.3 Å². The van der Waals surface area contributed by atoms with Crippen LogP contribution in [0.25, 0.3) is 11.4 Å². The molecule has 0 aliphatic carbocycles. The van der Waals surface area contributed by atoms with E-state index in [0.29, 0.717) is 5.56 Å². The molecule has 4 rings (SSSR count). The predicted octanol–water partition coefficient (Wildman–Crippen LogP) is 4.65. The summed E-state index contributed by atoms with van der Waals surface area (Å²) >= 11 is 0. The van der Waals surface area contributed by atoms with E-state index in [9.17, 15) is 4.79 Å². The van der Waals surface area contributed by atoms with Crippen molar-refractivity contribution in [1.82, 2.24) is 14.6 Å². The lowest BCUT2D eigenvalue weighted by molar-refractivity contribution is 0.0955. The number of carbonyl (C=O) groups is 1. The van der Waals surface area contributed by atoms with Crippen molar-refractivity contribution in [3.8, 4) is 11.4 Å². The van der Waals surface area contributed by atoms with Crippen molar-refractivity contribution in [3.05, 3.63) is 108 Å². The first-order valence-corrected chi connectivity index (χ1v) is 9.45. The van der Waals surface area contributed by atoms with Gasteiger partial charge in [0.25, 0.3) is 5.91 Å². The minimum atomic E-state index is -0.248. The monoisotopic (exact) mass is 382 g/mol. The first kappa shape index (κ1) is 18.5. The first-order chi connectivity index (χ1) is 14.1. The van der Waals surface area contributed by atoms with Gasteiger partial charge in [0.15, 0.2) is 0 Å². The summed E-state index contributed by atoms with van der Waals surface area (Å²) in [6, 6.07) is 23.6. The van der Waals surface area contributed by atoms with E-state index in [1.807, 2.05) is 72.4 Å². The quantitative estimate of drug-likeness (QED) is 0.396. The lowest BCUT2D eigenvalue weighted by Gasteiger charge is -2.09. The molecule has 5 heteroatoms. The molecule has 29 heavy (non-hydrogen) atoms. The van der Waals surface area contributed by atoms with E-state index in [1.54, 1.807) is 12.3 Å². The number of para-hydroxylation sites is 2. The lowest BCUT2D eigenvalue weighted by Crippen LogP contribution is -2.19. The number of aromatic nitrogens is 2. The highest BCUT2D eigenvalue weighted by Gasteiger charge is 2.12. The van der Waals surface area contributed by atoms with Gasteiger partial charge in [-0.25, -0.2) is 5.43 Å². The smallest absolute Gasteiger partial charge is 0.273 e. The molecule has 2 aromatic heterocycles. The van der Waals surface area contributed by atoms with Gasteiger partial charge in [-0.2, -0.15) is 5.10 Å². The molecule has 4 aromatic rings. The Morgan fingerprint density at radius 1 is 0.931 bits per heavy atom. The second-order valence-electron chi connectivity index (χ2n) is 6.80. The minimum Gasteiger partial charge on any atom is -0.323 e. The van der Waals surface area contributed by atoms with Crippen LogP contribution in [-0.2, 0) is 0 Å². The van der Waals surface area contributed by atoms with Gasteiger partial charge >= 0.3 is 0 Å². The van der Waals surface area contributed by atoms with E-state index in [1.165, 1.54) is 0 Å². The topological polar surface area (TPSA) is 51.3 Å². The lowest BCUT2D eigenvalue weighted by atomic mass is 10.1. The maximum Gasteiger partial charge on any atom is 0.273 e. The van der Waals surface area contributed by atoms with E-state index in [-0.39, 0.29) is 5.91 Å². The van der Waals surface area contributed by atoms with Gasteiger partial charge in [-0.1, -0.05) is 30.3 Å². The van der Waals surface area contributed by atoms with Crippen LogP contribution in [0.3, 0.4) is 0 Å². The molecule has 0 unspecified atom stereocenters. The van der Waals surface area contributed by atoms with Crippen molar-refractivity contribution >= 4 is 12.1 Å². The van der Waals surface area contributed by atoms with Gasteiger partial charge in [-0.3, -0.25) is 4.79 Å². The standard InChI is InChI=1S/C24H22N4O/c1-18-16-20(19(2)28(18)21-10-4-3-5-11-21)17-25-26-24(29)22-12-6-7-13-23(22)27-14-8-9-15-27/h3-17H,1-2H3,(H,26,29)/b25-17-. The van der Waals surface area contributed by atoms with Crippen molar-refractivity contribution < 1.29 is 4.79 Å². The van der Waals surface area contributed by atoms with Crippen LogP contribution < -0.4 is 5.43 Å². The number of rotatable bonds is 5. The van der Waals surface area contributed by atoms with Crippen LogP contribution in [0.15, 0.2) is 90.3 Å². The molecule has 0 spiro atoms. The molecule has 0 atom stereocenters. The van der Waals surface area contributed by atoms with Crippen LogP contribution in [0.5, 0.6) is 0 Å². The van der Waals surface area contributed by atoms with Gasteiger partial charge in [0, 0.05) is 35.0 Å². The molecule has 0 bridgehead atoms. The van der Waals surface area contributed by atoms with Gasteiger partial charge in [-0.05, 0) is 56.3 Å². The van der Waals surface area contributed by atoms with Gasteiger partial charge in [-0.15, -0.1) is 0 Å². The third kappa shape index (κ3) is 3.75. The second kappa shape index (κ2) is 8.02. The van der Waals surface area contributed by atoms with E-state index in [2.05, 4.69) is 40.2 Å². The number of amides is 1. The number of nitrogens with one attached hydrogen (secondary N) is 1. The fourth-order valence-electron chi connectivity index (χ4n) is 3.50. The molecule has 144 valence electrons. The van der Waals surface area contributed by atoms with Crippen LogP contribution >= 0.6 is 0 Å². The van der Waals surface area contributed by atoms with Crippen molar-refractivity contribution in [2.24, 2.45) is 5.10 Å². The molecular formula is C24H22N4O. The third-order valence-electron chi connectivity index (χ3n) is 4.89. The highest BCUT2D eigenvalue weighted by atomic mass is 16.2. The third-order valence-corrected chi connectivity index (χ3v) is 4.89. The summed E-state index contributed by atoms with van der Waals surface area (Å²) in [6.07, 6.45) is 5.51. The first-order valence-electron chi connectivity index (χ1n) is 9.45. The number of carbonyl (C=O) groups excluding carboxylic acids is 1. The van der Waals surface area contributed by atoms with Crippen LogP contribution in [-0.4, -0.2) is 21.3 Å². The second-order valence-corrected chi connectivity index (χ2v) is 6.80. The molecule has 2 aromatic carbocycles. The summed E-state index contributed by atoms with van der Waals surface area (Å²) in [4.78, 5) is 12.7. The minimum absolute atomic E-state index is 0.248. The van der Waals surface area contributed by atoms with Gasteiger partial charge in [0.05, 0.1) is 17.5 Å². The highest BCUT2D eigenvalue weighted by Crippen LogP contribution is 2.19. The molecule has 1 N–H and O–H groups in total. The number of hydrazone groups is 1. The molecule has 0 aliphatic rings. The van der Waals surface area contributed by atoms with Crippen LogP contribution in [0, 0.1) is 13.8 Å². The van der Waals surface area contributed by atoms with Crippen molar-refractivity contribution in [3.63, 3.8) is 0 Å². The molecule has 0 saturated heterocycles. The largest absolute Gasteiger partial charge is 0.323 e. The zero-order valence-corrected chi connectivity index (χ0v) is 16.4. The molecule has 1 amide bonds. The SMILES string of the molecule is Cc1cc(/C=N\NC(=O)c2ccccc2-n2cccc2)c(C)n1-c1ccccc1. The Hall–Kier alpha value is -3.86. The fourth-order valence-corrected chi connectivity index (χ4v) is 3.50. The normalized spacial score (nSPS) is 11.1. The van der Waals surface area contributed by atoms with Crippen LogP contribution in [0.4, 0.5) is 0 Å². The predicted molar refractivity (Wildman–Crippen MR) is 116 cm³/mol. The zero-order chi connectivity index (χ0) is 20.2. The number of hydrogen-bond donors (Lipinski definition) is 1. The summed E-state index contributed by atoms with van der Waals surface area (Å²) in [7, 11) is 0. The molecule has 5 nitrogen and oxygen atoms in total. The Morgan fingerprint density at radius 2 is 1.62 bits per heavy atom. The Balaban J connectivity index is 1.54. The Bertz CT molecular complexity index is 1160. The maximum atomic E-state index is 12.7. The zero-order valence-electron chi connectivity index (χ0n) is 16.4. The molecule has 2 heterocycles. The number of nitrogens with zero attached hydrogens (tertiary/aromatic N) is 3. The van der Waals surface area contributed by atoms with Gasteiger partial charge in [0.2, 0.25) is 0 Å². The molecule has 0 saturated carbocycles. The summed E-state index contributed by atoms with van der Waals surface area (Å²) in [5.74, 6) is -0.248. The molecule has 0 radical (unpaired) electrons. The summed E-state index contributed by atoms with van der Waals surface area (Å²) in [5.41, 5.74) is 8.28. The number of hydrogen-bond acceptors (Lipinski definition) is 2. The summed E-state index contributed by atoms with van der Waals surface area (Å²) < 4.78 is 4.08. The fraction of sp³-hybridized carbons (Fsp3) is 0.0833. The van der Waals surface area contributed by atoms with E-state index in [4.69, 9.17) is 0 Å². The summed E-state index contributed by atoms with van der Waals surface area (Å²) in [6.45, 7) is 4.10. The summed E-state index contributed by atoms with van der Waals surface area (Å²) in [5, 5.41) is 4.20. The molecule has 0 fully saturated rings. The average molecular weight is 382 g/mol. The maximum absolute atomic E-state index is 12.7. The number of aryl methyl sites for hydroxylation is 1. The molecular weight excluding hydrogens is 360 g/mol. The van der Waals surface area contributed by atoms with Gasteiger partial charge in [0.1, 0.15) is 0 Å². The van der Waals surface area contributed by atoms with Crippen LogP contribution in [0.2, 0.25) is 0 Å².